The molecule has 2 aromatic rings. The van der Waals surface area contributed by atoms with E-state index < -0.39 is 0 Å². The van der Waals surface area contributed by atoms with Gasteiger partial charge in [0.2, 0.25) is 0 Å². The molecule has 3 heteroatoms. The molecule has 0 atom stereocenters. The molecule has 0 amide bonds. The molecule has 0 radical (unpaired) electrons. The van der Waals surface area contributed by atoms with Crippen LogP contribution in [0.5, 0.6) is 0 Å². The van der Waals surface area contributed by atoms with Gasteiger partial charge in [-0.2, -0.15) is 0 Å². The van der Waals surface area contributed by atoms with E-state index in [-0.39, 0.29) is 0 Å². The maximum atomic E-state index is 5.83. The molecule has 0 aromatic heterocycles. The van der Waals surface area contributed by atoms with Crippen molar-refractivity contribution in [1.82, 2.24) is 0 Å². The Balaban J connectivity index is 2.61. The molecule has 219 valence electrons. The monoisotopic (exact) mass is 574 g/mol. The molecule has 2 nitrogen and oxygen atoms in total. The molecule has 0 unspecified atom stereocenters. The van der Waals surface area contributed by atoms with E-state index in [0.29, 0.717) is 0 Å². The van der Waals surface area contributed by atoms with Gasteiger partial charge in [0.1, 0.15) is 0 Å². The topological polar surface area (TPSA) is 15.4 Å². The van der Waals surface area contributed by atoms with Crippen LogP contribution in [0.25, 0.3) is 0 Å². The molecule has 0 aliphatic rings. The van der Waals surface area contributed by atoms with Gasteiger partial charge in [-0.3, -0.25) is 0 Å². The summed E-state index contributed by atoms with van der Waals surface area (Å²) in [5.41, 5.74) is 10.4. The predicted octanol–water partition coefficient (Wildman–Crippen LogP) is 11.0. The molecule has 0 N–H and O–H groups in total. The zero-order valence-electron chi connectivity index (χ0n) is 26.0. The van der Waals surface area contributed by atoms with E-state index in [2.05, 4.69) is 81.6 Å². The van der Waals surface area contributed by atoms with Crippen LogP contribution in [-0.4, -0.2) is 15.1 Å². The van der Waals surface area contributed by atoms with Gasteiger partial charge in [-0.25, -0.2) is 0 Å². The third-order valence-corrected chi connectivity index (χ3v) is 8.00. The van der Waals surface area contributed by atoms with Crippen LogP contribution >= 0.6 is 0 Å². The van der Waals surface area contributed by atoms with Crippen molar-refractivity contribution in [2.45, 2.75) is 144 Å². The third kappa shape index (κ3) is 11.7. The zero-order chi connectivity index (χ0) is 28.5. The van der Waals surface area contributed by atoms with Crippen molar-refractivity contribution >= 4 is 22.8 Å². The number of nitrogens with zero attached hydrogens (tertiary/aromatic N) is 2. The van der Waals surface area contributed by atoms with Crippen molar-refractivity contribution in [3.05, 3.63) is 58.7 Å². The summed E-state index contributed by atoms with van der Waals surface area (Å²) in [6.45, 7) is 13.6. The molecular weight excluding hydrogens is 519 g/mol. The Kier molecular flexibility index (Phi) is 16.6. The summed E-state index contributed by atoms with van der Waals surface area (Å²) in [6.07, 6.45) is 18.4. The summed E-state index contributed by atoms with van der Waals surface area (Å²) in [5, 5.41) is 0. The van der Waals surface area contributed by atoms with Crippen LogP contribution < -0.4 is 0 Å². The summed E-state index contributed by atoms with van der Waals surface area (Å²) < 4.78 is 2.10. The Labute approximate surface area is 249 Å². The summed E-state index contributed by atoms with van der Waals surface area (Å²) in [5.74, 6) is 0. The van der Waals surface area contributed by atoms with Gasteiger partial charge >= 0.3 is 250 Å². The van der Waals surface area contributed by atoms with Crippen LogP contribution in [0.3, 0.4) is 0 Å². The Morgan fingerprint density at radius 3 is 1.38 bits per heavy atom. The normalized spacial score (nSPS) is 12.7. The average Bonchev–Trinajstić information content (AvgIpc) is 2.95. The van der Waals surface area contributed by atoms with Crippen molar-refractivity contribution in [3.8, 4) is 0 Å². The molecule has 39 heavy (non-hydrogen) atoms. The van der Waals surface area contributed by atoms with E-state index in [1.807, 2.05) is 0 Å². The minimum absolute atomic E-state index is 0.889. The molecular formula is C36H56N2Ni+. The van der Waals surface area contributed by atoms with Crippen LogP contribution in [0.1, 0.15) is 141 Å². The molecule has 2 aromatic carbocycles. The predicted molar refractivity (Wildman–Crippen MR) is 169 cm³/mol. The molecule has 0 saturated heterocycles. The second-order valence-corrected chi connectivity index (χ2v) is 11.6. The van der Waals surface area contributed by atoms with E-state index in [1.165, 1.54) is 85.0 Å². The average molecular weight is 576 g/mol. The van der Waals surface area contributed by atoms with Crippen molar-refractivity contribution < 1.29 is 19.3 Å². The first kappa shape index (κ1) is 33.5. The molecule has 2 rings (SSSR count). The molecule has 0 saturated carbocycles. The van der Waals surface area contributed by atoms with Crippen LogP contribution in [0.2, 0.25) is 0 Å². The molecule has 0 heterocycles. The molecule has 0 bridgehead atoms. The first-order chi connectivity index (χ1) is 19.0. The van der Waals surface area contributed by atoms with Crippen LogP contribution in [0.15, 0.2) is 41.4 Å². The Bertz CT molecular complexity index is 998. The van der Waals surface area contributed by atoms with Gasteiger partial charge < -0.3 is 0 Å². The molecule has 0 fully saturated rings. The number of aliphatic imine (C=N–C) groups is 1. The maximum absolute atomic E-state index is 5.83. The zero-order valence-corrected chi connectivity index (χ0v) is 27.0. The fourth-order valence-electron chi connectivity index (χ4n) is 5.10. The Hall–Kier alpha value is -1.73. The van der Waals surface area contributed by atoms with E-state index in [9.17, 15) is 0 Å². The fraction of sp³-hybridized carbons (Fsp3) is 0.611. The number of rotatable bonds is 19. The third-order valence-electron chi connectivity index (χ3n) is 7.48. The first-order valence-corrected chi connectivity index (χ1v) is 16.6. The summed E-state index contributed by atoms with van der Waals surface area (Å²) in [7, 11) is 0. The number of hydrogen-bond donors (Lipinski definition) is 0. The van der Waals surface area contributed by atoms with E-state index in [4.69, 9.17) is 20.7 Å². The minimum atomic E-state index is 0.889. The Morgan fingerprint density at radius 1 is 0.590 bits per heavy atom. The number of unbranched alkanes of at least 4 members (excludes halogenated alkanes) is 5. The van der Waals surface area contributed by atoms with Gasteiger partial charge in [-0.1, -0.05) is 0 Å². The molecule has 0 spiro atoms. The van der Waals surface area contributed by atoms with Gasteiger partial charge in [-0.05, 0) is 0 Å². The standard InChI is InChI=1S/C36H56N2.Ni/c1-7-13-18-29-23-30(19-14-8-2)26-33(25-29)37-35(12-6)36(22-17-11-5)38-34-27-31(20-15-9-3)24-32(28-34)21-16-10-4;/h23-28H,7-22H2,1-6H3;/q;+1. The summed E-state index contributed by atoms with van der Waals surface area (Å²) in [6, 6.07) is 14.2. The van der Waals surface area contributed by atoms with Crippen LogP contribution in [0.4, 0.5) is 11.4 Å². The first-order valence-electron chi connectivity index (χ1n) is 16.1. The summed E-state index contributed by atoms with van der Waals surface area (Å²) >= 11 is 5.83. The SMILES string of the molecule is CCCCC(C(CC)=Nc1cc(CCCC)cc(CCCC)c1)=[N+]([Ni])c1cc(CCCC)cc(CCCC)c1. The number of hydrogen-bond acceptors (Lipinski definition) is 1. The van der Waals surface area contributed by atoms with Crippen molar-refractivity contribution in [3.63, 3.8) is 0 Å². The van der Waals surface area contributed by atoms with E-state index >= 15 is 0 Å². The summed E-state index contributed by atoms with van der Waals surface area (Å²) in [4.78, 5) is 5.34. The second kappa shape index (κ2) is 19.4. The quantitative estimate of drug-likeness (QED) is 0.117. The fourth-order valence-corrected chi connectivity index (χ4v) is 5.47. The van der Waals surface area contributed by atoms with Crippen LogP contribution in [-0.2, 0) is 41.4 Å². The van der Waals surface area contributed by atoms with Gasteiger partial charge in [0.05, 0.1) is 0 Å². The van der Waals surface area contributed by atoms with Crippen LogP contribution in [0, 0.1) is 0 Å². The van der Waals surface area contributed by atoms with E-state index in [0.717, 1.165) is 62.8 Å². The van der Waals surface area contributed by atoms with Gasteiger partial charge in [-0.15, -0.1) is 0 Å². The number of aryl methyl sites for hydroxylation is 4. The number of benzene rings is 2. The van der Waals surface area contributed by atoms with Gasteiger partial charge in [0.25, 0.3) is 0 Å². The van der Waals surface area contributed by atoms with E-state index in [1.54, 1.807) is 0 Å². The Morgan fingerprint density at radius 2 is 1.00 bits per heavy atom. The van der Waals surface area contributed by atoms with Crippen molar-refractivity contribution in [1.29, 1.82) is 0 Å². The second-order valence-electron chi connectivity index (χ2n) is 11.1. The molecule has 0 aliphatic heterocycles. The van der Waals surface area contributed by atoms with Crippen molar-refractivity contribution in [2.24, 2.45) is 4.99 Å². The molecule has 0 aliphatic carbocycles. The van der Waals surface area contributed by atoms with Gasteiger partial charge in [0, 0.05) is 0 Å². The van der Waals surface area contributed by atoms with Crippen molar-refractivity contribution in [2.75, 3.05) is 0 Å². The van der Waals surface area contributed by atoms with Gasteiger partial charge in [0.15, 0.2) is 0 Å².